The van der Waals surface area contributed by atoms with Crippen molar-refractivity contribution in [1.29, 1.82) is 0 Å². The van der Waals surface area contributed by atoms with Gasteiger partial charge in [0.2, 0.25) is 16.0 Å². The molecule has 0 saturated heterocycles. The SMILES string of the molecule is COc1cc(C(=O)NC(C)(C)C)c(F)cc1Nc1ncc(C(F)(F)F)c(NCc2ccc(C)cc2N(C)S(C)(=O)=O)n1. The van der Waals surface area contributed by atoms with Crippen molar-refractivity contribution in [2.45, 2.75) is 46.0 Å². The van der Waals surface area contributed by atoms with Gasteiger partial charge in [-0.15, -0.1) is 0 Å². The van der Waals surface area contributed by atoms with E-state index < -0.39 is 44.8 Å². The lowest BCUT2D eigenvalue weighted by molar-refractivity contribution is -0.137. The quantitative estimate of drug-likeness (QED) is 0.281. The molecule has 42 heavy (non-hydrogen) atoms. The molecule has 1 aromatic heterocycles. The number of anilines is 4. The molecular formula is C27H32F4N6O4S. The van der Waals surface area contributed by atoms with E-state index in [1.807, 2.05) is 0 Å². The first-order valence-electron chi connectivity index (χ1n) is 12.5. The number of carbonyl (C=O) groups is 1. The highest BCUT2D eigenvalue weighted by molar-refractivity contribution is 7.92. The second kappa shape index (κ2) is 12.0. The Morgan fingerprint density at radius 2 is 1.79 bits per heavy atom. The average molecular weight is 613 g/mol. The van der Waals surface area contributed by atoms with Crippen molar-refractivity contribution in [3.63, 3.8) is 0 Å². The third-order valence-electron chi connectivity index (χ3n) is 5.89. The third-order valence-corrected chi connectivity index (χ3v) is 7.08. The fourth-order valence-corrected chi connectivity index (χ4v) is 4.31. The molecule has 1 heterocycles. The number of methoxy groups -OCH3 is 1. The van der Waals surface area contributed by atoms with Crippen LogP contribution in [0.25, 0.3) is 0 Å². The molecule has 228 valence electrons. The maximum Gasteiger partial charge on any atom is 0.421 e. The lowest BCUT2D eigenvalue weighted by atomic mass is 10.1. The van der Waals surface area contributed by atoms with Crippen molar-refractivity contribution >= 4 is 39.1 Å². The van der Waals surface area contributed by atoms with Crippen molar-refractivity contribution in [2.24, 2.45) is 0 Å². The zero-order chi connectivity index (χ0) is 31.6. The van der Waals surface area contributed by atoms with Crippen LogP contribution in [0.5, 0.6) is 5.75 Å². The zero-order valence-electron chi connectivity index (χ0n) is 24.1. The number of amides is 1. The van der Waals surface area contributed by atoms with Crippen molar-refractivity contribution in [3.05, 3.63) is 64.6 Å². The zero-order valence-corrected chi connectivity index (χ0v) is 24.9. The number of aryl methyl sites for hydroxylation is 1. The van der Waals surface area contributed by atoms with Gasteiger partial charge in [-0.1, -0.05) is 12.1 Å². The molecule has 3 aromatic rings. The van der Waals surface area contributed by atoms with E-state index in [1.165, 1.54) is 14.2 Å². The van der Waals surface area contributed by atoms with Gasteiger partial charge in [0.25, 0.3) is 5.91 Å². The lowest BCUT2D eigenvalue weighted by Gasteiger charge is -2.22. The molecule has 10 nitrogen and oxygen atoms in total. The summed E-state index contributed by atoms with van der Waals surface area (Å²) in [7, 11) is -1.04. The van der Waals surface area contributed by atoms with Gasteiger partial charge in [-0.25, -0.2) is 17.8 Å². The molecular weight excluding hydrogens is 580 g/mol. The molecule has 3 N–H and O–H groups in total. The molecule has 0 aliphatic rings. The predicted octanol–water partition coefficient (Wildman–Crippen LogP) is 5.23. The maximum absolute atomic E-state index is 14.9. The summed E-state index contributed by atoms with van der Waals surface area (Å²) in [5.74, 6) is -2.51. The first kappa shape index (κ1) is 32.4. The molecule has 0 atom stereocenters. The topological polar surface area (TPSA) is 126 Å². The molecule has 0 aliphatic carbocycles. The summed E-state index contributed by atoms with van der Waals surface area (Å²) in [6, 6.07) is 6.99. The summed E-state index contributed by atoms with van der Waals surface area (Å²) in [6.07, 6.45) is -3.26. The highest BCUT2D eigenvalue weighted by Crippen LogP contribution is 2.36. The number of alkyl halides is 3. The number of rotatable bonds is 9. The first-order valence-corrected chi connectivity index (χ1v) is 14.3. The number of aromatic nitrogens is 2. The van der Waals surface area contributed by atoms with Gasteiger partial charge in [-0.3, -0.25) is 9.10 Å². The molecule has 15 heteroatoms. The third kappa shape index (κ3) is 7.99. The molecule has 0 radical (unpaired) electrons. The minimum absolute atomic E-state index is 0.0153. The largest absolute Gasteiger partial charge is 0.495 e. The van der Waals surface area contributed by atoms with E-state index in [2.05, 4.69) is 25.9 Å². The summed E-state index contributed by atoms with van der Waals surface area (Å²) >= 11 is 0. The Hall–Kier alpha value is -4.14. The number of benzene rings is 2. The molecule has 0 fully saturated rings. The summed E-state index contributed by atoms with van der Waals surface area (Å²) in [4.78, 5) is 20.2. The molecule has 1 amide bonds. The Balaban J connectivity index is 1.97. The van der Waals surface area contributed by atoms with E-state index in [0.717, 1.165) is 28.3 Å². The van der Waals surface area contributed by atoms with Crippen LogP contribution in [0.2, 0.25) is 0 Å². The van der Waals surface area contributed by atoms with Gasteiger partial charge in [-0.05, 0) is 51.0 Å². The minimum atomic E-state index is -4.83. The van der Waals surface area contributed by atoms with Crippen LogP contribution < -0.4 is 25.0 Å². The Morgan fingerprint density at radius 3 is 2.36 bits per heavy atom. The van der Waals surface area contributed by atoms with Crippen molar-refractivity contribution in [3.8, 4) is 5.75 Å². The van der Waals surface area contributed by atoms with Crippen LogP contribution in [0.4, 0.5) is 40.7 Å². The second-order valence-electron chi connectivity index (χ2n) is 10.5. The van der Waals surface area contributed by atoms with E-state index in [0.29, 0.717) is 11.8 Å². The molecule has 0 unspecified atom stereocenters. The van der Waals surface area contributed by atoms with E-state index >= 15 is 0 Å². The van der Waals surface area contributed by atoms with Gasteiger partial charge in [-0.2, -0.15) is 18.2 Å². The Bertz CT molecular complexity index is 1590. The van der Waals surface area contributed by atoms with E-state index in [4.69, 9.17) is 4.74 Å². The molecule has 0 bridgehead atoms. The van der Waals surface area contributed by atoms with Crippen molar-refractivity contribution in [2.75, 3.05) is 35.4 Å². The Morgan fingerprint density at radius 1 is 1.12 bits per heavy atom. The van der Waals surface area contributed by atoms with Crippen LogP contribution in [-0.2, 0) is 22.7 Å². The van der Waals surface area contributed by atoms with Crippen LogP contribution in [0.1, 0.15) is 47.8 Å². The predicted molar refractivity (Wildman–Crippen MR) is 152 cm³/mol. The summed E-state index contributed by atoms with van der Waals surface area (Å²) in [6.45, 7) is 6.72. The monoisotopic (exact) mass is 612 g/mol. The number of ether oxygens (including phenoxy) is 1. The lowest BCUT2D eigenvalue weighted by Crippen LogP contribution is -2.40. The number of hydrogen-bond donors (Lipinski definition) is 3. The standard InChI is InChI=1S/C27H32F4N6O4S/c1-15-8-9-16(21(10-15)37(5)42(7,39)40)13-32-23-18(27(29,30)31)14-33-25(35-23)34-20-12-19(28)17(11-22(20)41-6)24(38)36-26(2,3)4/h8-12,14H,13H2,1-7H3,(H,36,38)(H2,32,33,34,35). The normalized spacial score (nSPS) is 12.1. The minimum Gasteiger partial charge on any atom is -0.495 e. The van der Waals surface area contributed by atoms with Gasteiger partial charge in [0, 0.05) is 31.4 Å². The number of nitrogens with zero attached hydrogens (tertiary/aromatic N) is 3. The van der Waals surface area contributed by atoms with E-state index in [9.17, 15) is 30.8 Å². The molecule has 0 saturated carbocycles. The van der Waals surface area contributed by atoms with Crippen molar-refractivity contribution < 1.29 is 35.5 Å². The highest BCUT2D eigenvalue weighted by atomic mass is 32.2. The van der Waals surface area contributed by atoms with Crippen LogP contribution in [-0.4, -0.2) is 50.2 Å². The van der Waals surface area contributed by atoms with Gasteiger partial charge in [0.15, 0.2) is 0 Å². The number of nitrogens with one attached hydrogen (secondary N) is 3. The van der Waals surface area contributed by atoms with Crippen LogP contribution in [0.3, 0.4) is 0 Å². The van der Waals surface area contributed by atoms with E-state index in [-0.39, 0.29) is 35.2 Å². The Labute approximate surface area is 241 Å². The van der Waals surface area contributed by atoms with Crippen LogP contribution in [0.15, 0.2) is 36.5 Å². The van der Waals surface area contributed by atoms with Gasteiger partial charge < -0.3 is 20.7 Å². The Kier molecular flexibility index (Phi) is 9.25. The van der Waals surface area contributed by atoms with Crippen molar-refractivity contribution in [1.82, 2.24) is 15.3 Å². The molecule has 2 aromatic carbocycles. The second-order valence-corrected chi connectivity index (χ2v) is 12.5. The number of hydrogen-bond acceptors (Lipinski definition) is 8. The number of sulfonamides is 1. The summed E-state index contributed by atoms with van der Waals surface area (Å²) < 4.78 is 87.0. The van der Waals surface area contributed by atoms with Gasteiger partial charge in [0.05, 0.1) is 30.3 Å². The highest BCUT2D eigenvalue weighted by Gasteiger charge is 2.35. The van der Waals surface area contributed by atoms with Crippen LogP contribution >= 0.6 is 0 Å². The first-order chi connectivity index (χ1) is 19.3. The fourth-order valence-electron chi connectivity index (χ4n) is 3.78. The average Bonchev–Trinajstić information content (AvgIpc) is 2.85. The number of carbonyl (C=O) groups excluding carboxylic acids is 1. The van der Waals surface area contributed by atoms with Gasteiger partial charge >= 0.3 is 6.18 Å². The molecule has 3 rings (SSSR count). The molecule has 0 aliphatic heterocycles. The summed E-state index contributed by atoms with van der Waals surface area (Å²) in [5.41, 5.74) is -0.726. The smallest absolute Gasteiger partial charge is 0.421 e. The maximum atomic E-state index is 14.9. The summed E-state index contributed by atoms with van der Waals surface area (Å²) in [5, 5.41) is 7.91. The van der Waals surface area contributed by atoms with E-state index in [1.54, 1.807) is 45.9 Å². The molecule has 0 spiro atoms. The van der Waals surface area contributed by atoms with Crippen LogP contribution in [0, 0.1) is 12.7 Å². The number of halogens is 4. The van der Waals surface area contributed by atoms with Gasteiger partial charge in [0.1, 0.15) is 22.9 Å². The fraction of sp³-hybridized carbons (Fsp3) is 0.370.